The molecule has 1 aliphatic carbocycles. The second kappa shape index (κ2) is 6.50. The Hall–Kier alpha value is -1.20. The first kappa shape index (κ1) is 15.2. The van der Waals surface area contributed by atoms with E-state index in [0.717, 1.165) is 12.2 Å². The van der Waals surface area contributed by atoms with Gasteiger partial charge in [-0.05, 0) is 43.7 Å². The van der Waals surface area contributed by atoms with Crippen molar-refractivity contribution in [3.05, 3.63) is 29.8 Å². The van der Waals surface area contributed by atoms with Crippen LogP contribution < -0.4 is 16.4 Å². The van der Waals surface area contributed by atoms with Crippen molar-refractivity contribution < 1.29 is 4.79 Å². The topological polar surface area (TPSA) is 67.2 Å². The molecule has 1 unspecified atom stereocenters. The summed E-state index contributed by atoms with van der Waals surface area (Å²) in [5, 5.41) is 6.19. The summed E-state index contributed by atoms with van der Waals surface area (Å²) in [4.78, 5) is 10.8. The first-order valence-electron chi connectivity index (χ1n) is 7.00. The van der Waals surface area contributed by atoms with Crippen LogP contribution in [0, 0.1) is 0 Å². The van der Waals surface area contributed by atoms with Gasteiger partial charge in [0.2, 0.25) is 0 Å². The van der Waals surface area contributed by atoms with Crippen LogP contribution in [0.2, 0.25) is 0 Å². The first-order valence-corrected chi connectivity index (χ1v) is 8.22. The van der Waals surface area contributed by atoms with Crippen LogP contribution in [0.1, 0.15) is 37.8 Å². The standard InChI is InChI=1S/C15H23N3OS/c1-11(17-10-15(20-2)8-3-9-15)12-4-6-13(7-5-12)18-14(16)19/h4-7,11,17H,3,8-10H2,1-2H3,(H3,16,18,19). The number of anilines is 1. The predicted molar refractivity (Wildman–Crippen MR) is 86.2 cm³/mol. The maximum atomic E-state index is 10.8. The number of carbonyl (C=O) groups is 1. The van der Waals surface area contributed by atoms with Crippen molar-refractivity contribution in [1.82, 2.24) is 5.32 Å². The molecule has 0 aromatic heterocycles. The highest BCUT2D eigenvalue weighted by Crippen LogP contribution is 2.42. The third kappa shape index (κ3) is 3.67. The number of benzene rings is 1. The Labute approximate surface area is 124 Å². The molecular weight excluding hydrogens is 270 g/mol. The molecule has 1 aromatic carbocycles. The van der Waals surface area contributed by atoms with E-state index in [2.05, 4.69) is 23.8 Å². The van der Waals surface area contributed by atoms with Crippen LogP contribution in [-0.2, 0) is 0 Å². The van der Waals surface area contributed by atoms with E-state index in [9.17, 15) is 4.79 Å². The van der Waals surface area contributed by atoms with Gasteiger partial charge in [-0.25, -0.2) is 4.79 Å². The van der Waals surface area contributed by atoms with Crippen LogP contribution in [0.25, 0.3) is 0 Å². The lowest BCUT2D eigenvalue weighted by Crippen LogP contribution is -2.43. The molecule has 4 N–H and O–H groups in total. The van der Waals surface area contributed by atoms with E-state index >= 15 is 0 Å². The molecule has 20 heavy (non-hydrogen) atoms. The molecule has 2 amide bonds. The Morgan fingerprint density at radius 2 is 2.05 bits per heavy atom. The zero-order valence-corrected chi connectivity index (χ0v) is 12.9. The highest BCUT2D eigenvalue weighted by Gasteiger charge is 2.35. The Kier molecular flexibility index (Phi) is 4.94. The summed E-state index contributed by atoms with van der Waals surface area (Å²) in [6.45, 7) is 3.22. The van der Waals surface area contributed by atoms with Crippen molar-refractivity contribution in [2.75, 3.05) is 18.1 Å². The molecule has 1 aliphatic rings. The van der Waals surface area contributed by atoms with Crippen molar-refractivity contribution in [1.29, 1.82) is 0 Å². The van der Waals surface area contributed by atoms with Gasteiger partial charge >= 0.3 is 6.03 Å². The van der Waals surface area contributed by atoms with Gasteiger partial charge in [0.25, 0.3) is 0 Å². The highest BCUT2D eigenvalue weighted by atomic mass is 32.2. The second-order valence-electron chi connectivity index (χ2n) is 5.45. The molecule has 110 valence electrons. The molecule has 0 bridgehead atoms. The maximum Gasteiger partial charge on any atom is 0.316 e. The van der Waals surface area contributed by atoms with Crippen molar-refractivity contribution in [3.63, 3.8) is 0 Å². The number of primary amides is 1. The number of amides is 2. The van der Waals surface area contributed by atoms with Gasteiger partial charge in [-0.3, -0.25) is 0 Å². The third-order valence-electron chi connectivity index (χ3n) is 4.11. The van der Waals surface area contributed by atoms with E-state index in [4.69, 9.17) is 5.73 Å². The van der Waals surface area contributed by atoms with Crippen molar-refractivity contribution in [2.24, 2.45) is 5.73 Å². The number of carbonyl (C=O) groups excluding carboxylic acids is 1. The molecule has 4 nitrogen and oxygen atoms in total. The van der Waals surface area contributed by atoms with Gasteiger partial charge in [-0.1, -0.05) is 18.6 Å². The number of hydrogen-bond donors (Lipinski definition) is 3. The summed E-state index contributed by atoms with van der Waals surface area (Å²) in [6, 6.07) is 7.58. The van der Waals surface area contributed by atoms with Crippen molar-refractivity contribution in [3.8, 4) is 0 Å². The van der Waals surface area contributed by atoms with Gasteiger partial charge < -0.3 is 16.4 Å². The lowest BCUT2D eigenvalue weighted by atomic mass is 9.84. The number of nitrogens with one attached hydrogen (secondary N) is 2. The monoisotopic (exact) mass is 293 g/mol. The maximum absolute atomic E-state index is 10.8. The Morgan fingerprint density at radius 1 is 1.40 bits per heavy atom. The third-order valence-corrected chi connectivity index (χ3v) is 5.53. The molecular formula is C15H23N3OS. The van der Waals surface area contributed by atoms with Gasteiger partial charge in [0.15, 0.2) is 0 Å². The second-order valence-corrected chi connectivity index (χ2v) is 6.73. The minimum atomic E-state index is -0.532. The summed E-state index contributed by atoms with van der Waals surface area (Å²) in [6.07, 6.45) is 6.19. The van der Waals surface area contributed by atoms with Gasteiger partial charge in [0.1, 0.15) is 0 Å². The quantitative estimate of drug-likeness (QED) is 0.755. The Balaban J connectivity index is 1.88. The normalized spacial score (nSPS) is 18.1. The van der Waals surface area contributed by atoms with Crippen LogP contribution in [-0.4, -0.2) is 23.6 Å². The molecule has 2 rings (SSSR count). The zero-order valence-electron chi connectivity index (χ0n) is 12.1. The summed E-state index contributed by atoms with van der Waals surface area (Å²) in [7, 11) is 0. The predicted octanol–water partition coefficient (Wildman–Crippen LogP) is 3.11. The Bertz CT molecular complexity index is 451. The van der Waals surface area contributed by atoms with Gasteiger partial charge in [0.05, 0.1) is 0 Å². The van der Waals surface area contributed by atoms with E-state index in [1.54, 1.807) is 0 Å². The van der Waals surface area contributed by atoms with Crippen LogP contribution >= 0.6 is 11.8 Å². The van der Waals surface area contributed by atoms with E-state index in [-0.39, 0.29) is 0 Å². The van der Waals surface area contributed by atoms with Crippen LogP contribution in [0.3, 0.4) is 0 Å². The minimum Gasteiger partial charge on any atom is -0.351 e. The molecule has 0 heterocycles. The molecule has 0 saturated heterocycles. The molecule has 0 aliphatic heterocycles. The SMILES string of the molecule is CSC1(CNC(C)c2ccc(NC(N)=O)cc2)CCC1. The first-order chi connectivity index (χ1) is 9.54. The van der Waals surface area contributed by atoms with Crippen LogP contribution in [0.4, 0.5) is 10.5 Å². The fraction of sp³-hybridized carbons (Fsp3) is 0.533. The summed E-state index contributed by atoms with van der Waals surface area (Å²) < 4.78 is 0.446. The van der Waals surface area contributed by atoms with E-state index in [1.807, 2.05) is 36.0 Å². The number of rotatable bonds is 6. The van der Waals surface area contributed by atoms with E-state index in [1.165, 1.54) is 24.8 Å². The number of nitrogens with two attached hydrogens (primary N) is 1. The van der Waals surface area contributed by atoms with Crippen LogP contribution in [0.15, 0.2) is 24.3 Å². The number of urea groups is 1. The molecule has 5 heteroatoms. The van der Waals surface area contributed by atoms with E-state index < -0.39 is 6.03 Å². The van der Waals surface area contributed by atoms with Crippen molar-refractivity contribution in [2.45, 2.75) is 37.0 Å². The number of hydrogen-bond acceptors (Lipinski definition) is 3. The molecule has 1 fully saturated rings. The molecule has 1 atom stereocenters. The zero-order chi connectivity index (χ0) is 14.6. The fourth-order valence-electron chi connectivity index (χ4n) is 2.48. The average molecular weight is 293 g/mol. The lowest BCUT2D eigenvalue weighted by molar-refractivity contribution is 0.259. The molecule has 1 aromatic rings. The minimum absolute atomic E-state index is 0.308. The average Bonchev–Trinajstić information content (AvgIpc) is 2.38. The van der Waals surface area contributed by atoms with Gasteiger partial charge in [0, 0.05) is 23.0 Å². The van der Waals surface area contributed by atoms with E-state index in [0.29, 0.717) is 10.8 Å². The molecule has 0 radical (unpaired) electrons. The number of thioether (sulfide) groups is 1. The summed E-state index contributed by atoms with van der Waals surface area (Å²) in [5.74, 6) is 0. The fourth-order valence-corrected chi connectivity index (χ4v) is 3.40. The highest BCUT2D eigenvalue weighted by molar-refractivity contribution is 8.00. The smallest absolute Gasteiger partial charge is 0.316 e. The lowest BCUT2D eigenvalue weighted by Gasteiger charge is -2.41. The summed E-state index contributed by atoms with van der Waals surface area (Å²) in [5.41, 5.74) is 7.04. The van der Waals surface area contributed by atoms with Crippen LogP contribution in [0.5, 0.6) is 0 Å². The largest absolute Gasteiger partial charge is 0.351 e. The molecule has 1 saturated carbocycles. The summed E-state index contributed by atoms with van der Waals surface area (Å²) >= 11 is 1.98. The van der Waals surface area contributed by atoms with Gasteiger partial charge in [-0.15, -0.1) is 0 Å². The molecule has 0 spiro atoms. The van der Waals surface area contributed by atoms with Gasteiger partial charge in [-0.2, -0.15) is 11.8 Å². The Morgan fingerprint density at radius 3 is 2.50 bits per heavy atom. The van der Waals surface area contributed by atoms with Crippen molar-refractivity contribution >= 4 is 23.5 Å².